The number of amides is 2. The van der Waals surface area contributed by atoms with E-state index in [2.05, 4.69) is 0 Å². The fraction of sp³-hybridized carbons (Fsp3) is 0.407. The number of hydrogen-bond donors (Lipinski definition) is 0. The van der Waals surface area contributed by atoms with Crippen LogP contribution >= 0.6 is 0 Å². The van der Waals surface area contributed by atoms with Crippen LogP contribution in [0.5, 0.6) is 0 Å². The second kappa shape index (κ2) is 12.6. The number of nitrogens with zero attached hydrogens (tertiary/aromatic N) is 2. The lowest BCUT2D eigenvalue weighted by molar-refractivity contribution is -0.136. The van der Waals surface area contributed by atoms with Gasteiger partial charge in [0.15, 0.2) is 4.91 Å². The Morgan fingerprint density at radius 1 is 0.919 bits per heavy atom. The topological polar surface area (TPSA) is 93.2 Å². The number of carbonyl (C=O) groups is 2. The second-order valence-electron chi connectivity index (χ2n) is 8.77. The van der Waals surface area contributed by atoms with Gasteiger partial charge in [-0.25, -0.2) is 8.42 Å². The van der Waals surface area contributed by atoms with Crippen LogP contribution in [0.15, 0.2) is 58.3 Å². The van der Waals surface area contributed by atoms with Crippen molar-refractivity contribution in [1.82, 2.24) is 4.90 Å². The van der Waals surface area contributed by atoms with E-state index >= 15 is 0 Å². The number of ether oxygens (including phenoxy) is 2. The first-order chi connectivity index (χ1) is 17.6. The van der Waals surface area contributed by atoms with Crippen LogP contribution in [0.1, 0.15) is 31.4 Å². The van der Waals surface area contributed by atoms with Crippen LogP contribution in [0, 0.1) is 6.92 Å². The molecular formula is C27H34N2O6SSi. The maximum atomic E-state index is 13.7. The SMILES string of the molecule is CCOC(OCC)[Si]CCCN1C(=O)C(c2ccc(N(C)C)cc2)=C(S(=O)(=O)c2ccc(C)cc2)C1=O. The normalized spacial score (nSPS) is 14.3. The van der Waals surface area contributed by atoms with Crippen molar-refractivity contribution in [1.29, 1.82) is 0 Å². The van der Waals surface area contributed by atoms with E-state index in [1.807, 2.05) is 39.8 Å². The minimum Gasteiger partial charge on any atom is -0.378 e. The Labute approximate surface area is 222 Å². The lowest BCUT2D eigenvalue weighted by Crippen LogP contribution is -2.34. The van der Waals surface area contributed by atoms with Crippen LogP contribution in [0.3, 0.4) is 0 Å². The second-order valence-corrected chi connectivity index (χ2v) is 12.0. The molecule has 37 heavy (non-hydrogen) atoms. The first kappa shape index (κ1) is 28.8. The van der Waals surface area contributed by atoms with E-state index in [0.29, 0.717) is 40.8 Å². The number of anilines is 1. The van der Waals surface area contributed by atoms with Gasteiger partial charge in [-0.15, -0.1) is 0 Å². The number of benzene rings is 2. The molecule has 198 valence electrons. The molecule has 0 aliphatic carbocycles. The average Bonchev–Trinajstić information content (AvgIpc) is 3.12. The van der Waals surface area contributed by atoms with Crippen molar-refractivity contribution in [3.8, 4) is 0 Å². The molecule has 1 aliphatic heterocycles. The number of imide groups is 1. The molecular weight excluding hydrogens is 508 g/mol. The zero-order valence-corrected chi connectivity index (χ0v) is 23.8. The molecule has 3 rings (SSSR count). The van der Waals surface area contributed by atoms with Crippen LogP contribution in [0.2, 0.25) is 6.04 Å². The zero-order valence-electron chi connectivity index (χ0n) is 22.0. The van der Waals surface area contributed by atoms with Crippen LogP contribution in [0.25, 0.3) is 5.57 Å². The lowest BCUT2D eigenvalue weighted by atomic mass is 10.1. The van der Waals surface area contributed by atoms with Gasteiger partial charge in [-0.1, -0.05) is 35.9 Å². The third-order valence-corrected chi connectivity index (χ3v) is 9.02. The molecule has 0 saturated carbocycles. The Kier molecular flexibility index (Phi) is 9.83. The van der Waals surface area contributed by atoms with Gasteiger partial charge < -0.3 is 14.4 Å². The monoisotopic (exact) mass is 542 g/mol. The fourth-order valence-corrected chi connectivity index (χ4v) is 6.66. The van der Waals surface area contributed by atoms with Gasteiger partial charge in [-0.05, 0) is 57.0 Å². The third-order valence-electron chi connectivity index (χ3n) is 5.90. The molecule has 0 spiro atoms. The van der Waals surface area contributed by atoms with Gasteiger partial charge in [0.25, 0.3) is 11.8 Å². The summed E-state index contributed by atoms with van der Waals surface area (Å²) in [6, 6.07) is 13.9. The van der Waals surface area contributed by atoms with Crippen LogP contribution in [-0.2, 0) is 28.9 Å². The Morgan fingerprint density at radius 2 is 1.51 bits per heavy atom. The van der Waals surface area contributed by atoms with Crippen molar-refractivity contribution in [2.75, 3.05) is 38.8 Å². The molecule has 2 radical (unpaired) electrons. The number of aryl methyl sites for hydroxylation is 1. The molecule has 0 unspecified atom stereocenters. The highest BCUT2D eigenvalue weighted by molar-refractivity contribution is 7.96. The fourth-order valence-electron chi connectivity index (χ4n) is 3.95. The number of hydrogen-bond acceptors (Lipinski definition) is 7. The summed E-state index contributed by atoms with van der Waals surface area (Å²) >= 11 is 0. The highest BCUT2D eigenvalue weighted by Gasteiger charge is 2.45. The van der Waals surface area contributed by atoms with Gasteiger partial charge in [0.05, 0.1) is 10.5 Å². The van der Waals surface area contributed by atoms with Crippen molar-refractivity contribution < 1.29 is 27.5 Å². The van der Waals surface area contributed by atoms with E-state index < -0.39 is 26.6 Å². The van der Waals surface area contributed by atoms with Gasteiger partial charge in [0.2, 0.25) is 9.84 Å². The van der Waals surface area contributed by atoms with E-state index in [4.69, 9.17) is 9.47 Å². The Hall–Kier alpha value is -2.79. The molecule has 0 atom stereocenters. The summed E-state index contributed by atoms with van der Waals surface area (Å²) in [5.74, 6) is -1.70. The van der Waals surface area contributed by atoms with Gasteiger partial charge in [-0.2, -0.15) is 0 Å². The van der Waals surface area contributed by atoms with Crippen molar-refractivity contribution in [2.45, 2.75) is 44.0 Å². The Balaban J connectivity index is 1.93. The Morgan fingerprint density at radius 3 is 2.05 bits per heavy atom. The first-order valence-corrected chi connectivity index (χ1v) is 15.0. The predicted molar refractivity (Wildman–Crippen MR) is 145 cm³/mol. The van der Waals surface area contributed by atoms with E-state index in [1.54, 1.807) is 36.4 Å². The molecule has 8 nitrogen and oxygen atoms in total. The molecule has 10 heteroatoms. The quantitative estimate of drug-likeness (QED) is 0.166. The minimum absolute atomic E-state index is 0.0173. The molecule has 2 amide bonds. The van der Waals surface area contributed by atoms with Crippen molar-refractivity contribution in [2.24, 2.45) is 0 Å². The summed E-state index contributed by atoms with van der Waals surface area (Å²) in [5, 5.41) is 0. The molecule has 1 heterocycles. The molecule has 0 saturated heterocycles. The smallest absolute Gasteiger partial charge is 0.273 e. The highest BCUT2D eigenvalue weighted by atomic mass is 32.2. The maximum absolute atomic E-state index is 13.7. The van der Waals surface area contributed by atoms with Gasteiger partial charge in [0.1, 0.15) is 15.4 Å². The third kappa shape index (κ3) is 6.56. The molecule has 2 aromatic rings. The largest absolute Gasteiger partial charge is 0.378 e. The molecule has 2 aromatic carbocycles. The van der Waals surface area contributed by atoms with Crippen molar-refractivity contribution in [3.63, 3.8) is 0 Å². The van der Waals surface area contributed by atoms with E-state index in [1.165, 1.54) is 12.1 Å². The van der Waals surface area contributed by atoms with E-state index in [-0.39, 0.29) is 22.9 Å². The summed E-state index contributed by atoms with van der Waals surface area (Å²) in [6.45, 7) is 6.81. The van der Waals surface area contributed by atoms with Crippen molar-refractivity contribution in [3.05, 3.63) is 64.6 Å². The van der Waals surface area contributed by atoms with Crippen LogP contribution in [0.4, 0.5) is 5.69 Å². The number of rotatable bonds is 13. The maximum Gasteiger partial charge on any atom is 0.273 e. The first-order valence-electron chi connectivity index (χ1n) is 12.3. The molecule has 0 N–H and O–H groups in total. The molecule has 1 aliphatic rings. The van der Waals surface area contributed by atoms with E-state index in [0.717, 1.165) is 16.2 Å². The minimum atomic E-state index is -4.23. The molecule has 0 bridgehead atoms. The zero-order chi connectivity index (χ0) is 27.2. The van der Waals surface area contributed by atoms with Gasteiger partial charge in [0, 0.05) is 39.5 Å². The summed E-state index contributed by atoms with van der Waals surface area (Å²) in [4.78, 5) is 29.5. The highest BCUT2D eigenvalue weighted by Crippen LogP contribution is 2.36. The average molecular weight is 543 g/mol. The summed E-state index contributed by atoms with van der Waals surface area (Å²) in [7, 11) is -0.129. The number of carbonyl (C=O) groups excluding carboxylic acids is 2. The Bertz CT molecular complexity index is 1230. The summed E-state index contributed by atoms with van der Waals surface area (Å²) in [5.41, 5.74) is 2.09. The standard InChI is InChI=1S/C27H34N2O6SSi/c1-6-34-27(35-7-2)37-18-8-17-29-25(30)23(20-11-13-21(14-12-20)28(4)5)24(26(29)31)36(32,33)22-15-9-19(3)10-16-22/h9-16,27H,6-8,17-18H2,1-5H3. The summed E-state index contributed by atoms with van der Waals surface area (Å²) < 4.78 is 38.5. The van der Waals surface area contributed by atoms with Crippen molar-refractivity contribution >= 4 is 42.4 Å². The molecule has 0 aromatic heterocycles. The van der Waals surface area contributed by atoms with E-state index in [9.17, 15) is 18.0 Å². The van der Waals surface area contributed by atoms with Crippen LogP contribution in [-0.4, -0.2) is 74.4 Å². The van der Waals surface area contributed by atoms with Gasteiger partial charge in [-0.3, -0.25) is 14.5 Å². The number of sulfone groups is 1. The predicted octanol–water partition coefficient (Wildman–Crippen LogP) is 3.48. The summed E-state index contributed by atoms with van der Waals surface area (Å²) in [6.07, 6.45) is 0.511. The molecule has 0 fully saturated rings. The van der Waals surface area contributed by atoms with Crippen LogP contribution < -0.4 is 4.90 Å². The lowest BCUT2D eigenvalue weighted by Gasteiger charge is -2.18. The van der Waals surface area contributed by atoms with Gasteiger partial charge >= 0.3 is 0 Å².